The molecule has 0 saturated carbocycles. The number of unbranched alkanes of at least 4 members (excludes halogenated alkanes) is 1. The molecule has 1 atom stereocenters. The third kappa shape index (κ3) is 6.89. The first-order valence-electron chi connectivity index (χ1n) is 8.19. The molecule has 136 valence electrons. The average Bonchev–Trinajstić information content (AvgIpc) is 2.52. The number of benzene rings is 1. The van der Waals surface area contributed by atoms with E-state index in [2.05, 4.69) is 21.8 Å². The normalized spacial score (nSPS) is 17.9. The van der Waals surface area contributed by atoms with Crippen LogP contribution in [0.4, 0.5) is 0 Å². The van der Waals surface area contributed by atoms with Crippen molar-refractivity contribution < 1.29 is 13.2 Å². The van der Waals surface area contributed by atoms with E-state index < -0.39 is 10.0 Å². The summed E-state index contributed by atoms with van der Waals surface area (Å²) in [5, 5.41) is 0. The molecule has 0 radical (unpaired) electrons. The maximum absolute atomic E-state index is 11.4. The minimum Gasteiger partial charge on any atom is -0.303 e. The molecule has 1 fully saturated rings. The highest BCUT2D eigenvalue weighted by Crippen LogP contribution is 2.29. The zero-order valence-electron chi connectivity index (χ0n) is 14.1. The Morgan fingerprint density at radius 2 is 1.88 bits per heavy atom. The molecule has 0 aromatic heterocycles. The number of nitrogens with one attached hydrogen (secondary N) is 1. The van der Waals surface area contributed by atoms with E-state index in [1.165, 1.54) is 11.8 Å². The first-order chi connectivity index (χ1) is 11.0. The largest absolute Gasteiger partial charge is 0.303 e. The monoisotopic (exact) mass is 374 g/mol. The van der Waals surface area contributed by atoms with E-state index >= 15 is 0 Å². The van der Waals surface area contributed by atoms with E-state index in [0.29, 0.717) is 12.5 Å². The van der Waals surface area contributed by atoms with Crippen LogP contribution >= 0.6 is 12.4 Å². The smallest absolute Gasteiger partial charge is 0.208 e. The Kier molecular flexibility index (Phi) is 8.91. The molecule has 0 aliphatic carbocycles. The molecule has 1 aliphatic rings. The molecule has 5 nitrogen and oxygen atoms in total. The minimum absolute atomic E-state index is 0. The van der Waals surface area contributed by atoms with Gasteiger partial charge >= 0.3 is 0 Å². The Hall–Kier alpha value is -0.950. The molecule has 0 spiro atoms. The highest BCUT2D eigenvalue weighted by atomic mass is 35.5. The quantitative estimate of drug-likeness (QED) is 0.561. The fourth-order valence-corrected chi connectivity index (χ4v) is 4.10. The predicted molar refractivity (Wildman–Crippen MR) is 98.9 cm³/mol. The van der Waals surface area contributed by atoms with Crippen molar-refractivity contribution in [2.75, 3.05) is 19.3 Å². The lowest BCUT2D eigenvalue weighted by Crippen LogP contribution is -2.45. The van der Waals surface area contributed by atoms with Crippen molar-refractivity contribution in [1.29, 1.82) is 0 Å². The van der Waals surface area contributed by atoms with Crippen molar-refractivity contribution >= 4 is 28.7 Å². The van der Waals surface area contributed by atoms with Crippen molar-refractivity contribution in [3.05, 3.63) is 35.9 Å². The lowest BCUT2D eigenvalue weighted by molar-refractivity contribution is -0.108. The number of piperidine rings is 1. The van der Waals surface area contributed by atoms with Gasteiger partial charge in [-0.15, -0.1) is 12.4 Å². The number of nitrogens with zero attached hydrogens (tertiary/aromatic N) is 1. The summed E-state index contributed by atoms with van der Waals surface area (Å²) in [6.07, 6.45) is 6.26. The lowest BCUT2D eigenvalue weighted by atomic mass is 9.96. The van der Waals surface area contributed by atoms with Crippen molar-refractivity contribution in [3.8, 4) is 0 Å². The topological polar surface area (TPSA) is 66.5 Å². The molecule has 0 amide bonds. The van der Waals surface area contributed by atoms with E-state index in [1.54, 1.807) is 0 Å². The second kappa shape index (κ2) is 10.1. The Labute approximate surface area is 151 Å². The van der Waals surface area contributed by atoms with Gasteiger partial charge in [-0.2, -0.15) is 0 Å². The summed E-state index contributed by atoms with van der Waals surface area (Å²) in [6.45, 7) is 1.74. The third-order valence-electron chi connectivity index (χ3n) is 4.33. The Balaban J connectivity index is 0.00000288. The molecule has 24 heavy (non-hydrogen) atoms. The fraction of sp³-hybridized carbons (Fsp3) is 0.588. The number of rotatable bonds is 8. The van der Waals surface area contributed by atoms with Crippen LogP contribution in [0, 0.1) is 0 Å². The van der Waals surface area contributed by atoms with Gasteiger partial charge in [-0.1, -0.05) is 30.3 Å². The maximum atomic E-state index is 11.4. The van der Waals surface area contributed by atoms with E-state index in [-0.39, 0.29) is 18.4 Å². The van der Waals surface area contributed by atoms with Crippen LogP contribution in [0.5, 0.6) is 0 Å². The molecule has 1 unspecified atom stereocenters. The number of carbonyl (C=O) groups excluding carboxylic acids is 1. The van der Waals surface area contributed by atoms with E-state index in [4.69, 9.17) is 0 Å². The van der Waals surface area contributed by atoms with Gasteiger partial charge in [-0.25, -0.2) is 13.1 Å². The van der Waals surface area contributed by atoms with Gasteiger partial charge in [0.05, 0.1) is 6.26 Å². The molecular weight excluding hydrogens is 348 g/mol. The first kappa shape index (κ1) is 21.1. The van der Waals surface area contributed by atoms with Gasteiger partial charge in [-0.3, -0.25) is 4.90 Å². The van der Waals surface area contributed by atoms with Crippen LogP contribution in [0.25, 0.3) is 0 Å². The van der Waals surface area contributed by atoms with Gasteiger partial charge in [0.2, 0.25) is 10.0 Å². The Bertz CT molecular complexity index is 587. The van der Waals surface area contributed by atoms with Gasteiger partial charge in [0.1, 0.15) is 6.29 Å². The molecule has 1 saturated heterocycles. The number of hydrogen-bond donors (Lipinski definition) is 1. The molecular formula is C17H27ClN2O3S. The second-order valence-corrected chi connectivity index (χ2v) is 8.00. The predicted octanol–water partition coefficient (Wildman–Crippen LogP) is 2.53. The van der Waals surface area contributed by atoms with Crippen molar-refractivity contribution in [3.63, 3.8) is 0 Å². The van der Waals surface area contributed by atoms with Gasteiger partial charge in [-0.05, 0) is 31.2 Å². The van der Waals surface area contributed by atoms with Gasteiger partial charge in [0, 0.05) is 31.6 Å². The van der Waals surface area contributed by atoms with Gasteiger partial charge in [0.15, 0.2) is 0 Å². The fourth-order valence-electron chi connectivity index (χ4n) is 3.26. The van der Waals surface area contributed by atoms with Crippen LogP contribution in [-0.2, 0) is 14.8 Å². The van der Waals surface area contributed by atoms with Crippen LogP contribution in [0.15, 0.2) is 30.3 Å². The number of halogens is 1. The summed E-state index contributed by atoms with van der Waals surface area (Å²) >= 11 is 0. The minimum atomic E-state index is -3.14. The second-order valence-electron chi connectivity index (χ2n) is 6.22. The van der Waals surface area contributed by atoms with Crippen molar-refractivity contribution in [2.45, 2.75) is 44.2 Å². The summed E-state index contributed by atoms with van der Waals surface area (Å²) in [7, 11) is -3.14. The van der Waals surface area contributed by atoms with Gasteiger partial charge < -0.3 is 4.79 Å². The van der Waals surface area contributed by atoms with E-state index in [1.807, 2.05) is 18.2 Å². The highest BCUT2D eigenvalue weighted by Gasteiger charge is 2.27. The Morgan fingerprint density at radius 3 is 2.42 bits per heavy atom. The SMILES string of the molecule is CS(=O)(=O)NC1CCN(C(CCCC=O)c2ccccc2)CC1.Cl. The van der Waals surface area contributed by atoms with Crippen molar-refractivity contribution in [2.24, 2.45) is 0 Å². The number of hydrogen-bond acceptors (Lipinski definition) is 4. The van der Waals surface area contributed by atoms with Crippen LogP contribution < -0.4 is 4.72 Å². The van der Waals surface area contributed by atoms with E-state index in [9.17, 15) is 13.2 Å². The molecule has 1 N–H and O–H groups in total. The zero-order chi connectivity index (χ0) is 16.7. The number of sulfonamides is 1. The highest BCUT2D eigenvalue weighted by molar-refractivity contribution is 7.88. The first-order valence-corrected chi connectivity index (χ1v) is 10.1. The van der Waals surface area contributed by atoms with E-state index in [0.717, 1.165) is 45.1 Å². The molecule has 2 rings (SSSR count). The van der Waals surface area contributed by atoms with Gasteiger partial charge in [0.25, 0.3) is 0 Å². The molecule has 0 bridgehead atoms. The van der Waals surface area contributed by atoms with Crippen LogP contribution in [0.3, 0.4) is 0 Å². The molecule has 7 heteroatoms. The molecule has 1 heterocycles. The van der Waals surface area contributed by atoms with Crippen molar-refractivity contribution in [1.82, 2.24) is 9.62 Å². The summed E-state index contributed by atoms with van der Waals surface area (Å²) < 4.78 is 25.4. The van der Waals surface area contributed by atoms with Crippen LogP contribution in [-0.4, -0.2) is 45.0 Å². The standard InChI is InChI=1S/C17H26N2O3S.ClH/c1-23(21,22)18-16-10-12-19(13-11-16)17(9-5-6-14-20)15-7-3-2-4-8-15;/h2-4,7-8,14,16-18H,5-6,9-13H2,1H3;1H. The summed E-state index contributed by atoms with van der Waals surface area (Å²) in [5.74, 6) is 0. The number of aldehydes is 1. The molecule has 1 aliphatic heterocycles. The number of likely N-dealkylation sites (tertiary alicyclic amines) is 1. The third-order valence-corrected chi connectivity index (χ3v) is 5.10. The average molecular weight is 375 g/mol. The number of carbonyl (C=O) groups is 1. The maximum Gasteiger partial charge on any atom is 0.208 e. The molecule has 1 aromatic carbocycles. The van der Waals surface area contributed by atoms with Crippen LogP contribution in [0.2, 0.25) is 0 Å². The molecule has 1 aromatic rings. The van der Waals surface area contributed by atoms with Crippen LogP contribution in [0.1, 0.15) is 43.7 Å². The summed E-state index contributed by atoms with van der Waals surface area (Å²) in [5.41, 5.74) is 1.27. The lowest BCUT2D eigenvalue weighted by Gasteiger charge is -2.38. The summed E-state index contributed by atoms with van der Waals surface area (Å²) in [6, 6.07) is 10.7. The summed E-state index contributed by atoms with van der Waals surface area (Å²) in [4.78, 5) is 13.0. The Morgan fingerprint density at radius 1 is 1.25 bits per heavy atom. The zero-order valence-corrected chi connectivity index (χ0v) is 15.7.